The van der Waals surface area contributed by atoms with Crippen LogP contribution < -0.4 is 5.56 Å². The summed E-state index contributed by atoms with van der Waals surface area (Å²) in [7, 11) is 1.45. The smallest absolute Gasteiger partial charge is 0.278 e. The summed E-state index contributed by atoms with van der Waals surface area (Å²) >= 11 is 6.40. The van der Waals surface area contributed by atoms with Crippen LogP contribution in [0.4, 0.5) is 4.39 Å². The van der Waals surface area contributed by atoms with Crippen LogP contribution in [-0.2, 0) is 19.9 Å². The molecule has 4 rings (SSSR count). The topological polar surface area (TPSA) is 81.2 Å². The molecule has 0 fully saturated rings. The van der Waals surface area contributed by atoms with Gasteiger partial charge >= 0.3 is 0 Å². The molecule has 0 aliphatic heterocycles. The van der Waals surface area contributed by atoms with Gasteiger partial charge in [0.25, 0.3) is 5.56 Å². The molecule has 0 bridgehead atoms. The predicted octanol–water partition coefficient (Wildman–Crippen LogP) is 4.49. The SMILES string of the molecule is Cc1nn(C)c(=O)c(-c2c(F)ccc(Cl)c2CCc2ccc3c(C)noc3c2)c1O. The summed E-state index contributed by atoms with van der Waals surface area (Å²) in [6.07, 6.45) is 0.880. The number of aromatic hydroxyl groups is 1. The minimum absolute atomic E-state index is 0.00249. The molecule has 0 spiro atoms. The number of rotatable bonds is 4. The molecule has 2 aromatic carbocycles. The van der Waals surface area contributed by atoms with Gasteiger partial charge in [-0.2, -0.15) is 5.10 Å². The lowest BCUT2D eigenvalue weighted by molar-refractivity contribution is 0.450. The van der Waals surface area contributed by atoms with Crippen molar-refractivity contribution in [1.82, 2.24) is 14.9 Å². The lowest BCUT2D eigenvalue weighted by Gasteiger charge is -2.15. The van der Waals surface area contributed by atoms with E-state index < -0.39 is 11.4 Å². The number of halogens is 2. The van der Waals surface area contributed by atoms with E-state index in [2.05, 4.69) is 10.3 Å². The fourth-order valence-electron chi connectivity index (χ4n) is 3.63. The number of aromatic nitrogens is 3. The highest BCUT2D eigenvalue weighted by Crippen LogP contribution is 2.36. The Bertz CT molecular complexity index is 1340. The fraction of sp³-hybridized carbons (Fsp3) is 0.227. The van der Waals surface area contributed by atoms with Gasteiger partial charge in [0.1, 0.15) is 11.5 Å². The third-order valence-electron chi connectivity index (χ3n) is 5.22. The molecule has 30 heavy (non-hydrogen) atoms. The van der Waals surface area contributed by atoms with Crippen LogP contribution in [0, 0.1) is 19.7 Å². The first kappa shape index (κ1) is 20.1. The maximum atomic E-state index is 14.9. The van der Waals surface area contributed by atoms with Crippen molar-refractivity contribution in [3.63, 3.8) is 0 Å². The highest BCUT2D eigenvalue weighted by Gasteiger charge is 2.23. The van der Waals surface area contributed by atoms with Gasteiger partial charge in [0.15, 0.2) is 11.3 Å². The number of benzene rings is 2. The average Bonchev–Trinajstić information content (AvgIpc) is 3.08. The second-order valence-corrected chi connectivity index (χ2v) is 7.63. The van der Waals surface area contributed by atoms with Crippen molar-refractivity contribution < 1.29 is 14.0 Å². The van der Waals surface area contributed by atoms with Gasteiger partial charge in [-0.15, -0.1) is 0 Å². The molecule has 0 atom stereocenters. The van der Waals surface area contributed by atoms with Gasteiger partial charge in [-0.25, -0.2) is 9.07 Å². The van der Waals surface area contributed by atoms with E-state index in [9.17, 15) is 14.3 Å². The van der Waals surface area contributed by atoms with Crippen LogP contribution >= 0.6 is 11.6 Å². The van der Waals surface area contributed by atoms with E-state index in [1.807, 2.05) is 25.1 Å². The minimum atomic E-state index is -0.631. The monoisotopic (exact) mass is 427 g/mol. The van der Waals surface area contributed by atoms with Crippen molar-refractivity contribution in [1.29, 1.82) is 0 Å². The van der Waals surface area contributed by atoms with Crippen LogP contribution in [0.3, 0.4) is 0 Å². The Morgan fingerprint density at radius 2 is 1.90 bits per heavy atom. The van der Waals surface area contributed by atoms with Crippen molar-refractivity contribution in [3.8, 4) is 16.9 Å². The molecule has 0 aliphatic carbocycles. The molecular formula is C22H19ClFN3O3. The second kappa shape index (κ2) is 7.57. The lowest BCUT2D eigenvalue weighted by atomic mass is 9.94. The van der Waals surface area contributed by atoms with Crippen LogP contribution in [-0.4, -0.2) is 20.0 Å². The van der Waals surface area contributed by atoms with Crippen LogP contribution in [0.15, 0.2) is 39.6 Å². The minimum Gasteiger partial charge on any atom is -0.505 e. The van der Waals surface area contributed by atoms with Crippen LogP contribution in [0.25, 0.3) is 22.1 Å². The van der Waals surface area contributed by atoms with Crippen LogP contribution in [0.1, 0.15) is 22.5 Å². The van der Waals surface area contributed by atoms with E-state index in [0.29, 0.717) is 29.0 Å². The van der Waals surface area contributed by atoms with Crippen molar-refractivity contribution in [2.45, 2.75) is 26.7 Å². The molecular weight excluding hydrogens is 409 g/mol. The van der Waals surface area contributed by atoms with E-state index in [-0.39, 0.29) is 22.6 Å². The average molecular weight is 428 g/mol. The Kier molecular flexibility index (Phi) is 5.07. The summed E-state index contributed by atoms with van der Waals surface area (Å²) in [6.45, 7) is 3.42. The van der Waals surface area contributed by atoms with Crippen molar-refractivity contribution in [2.24, 2.45) is 7.05 Å². The van der Waals surface area contributed by atoms with Gasteiger partial charge < -0.3 is 9.63 Å². The molecule has 0 amide bonds. The van der Waals surface area contributed by atoms with Gasteiger partial charge in [0, 0.05) is 23.0 Å². The summed E-state index contributed by atoms with van der Waals surface area (Å²) in [5, 5.41) is 19.7. The molecule has 0 radical (unpaired) electrons. The van der Waals surface area contributed by atoms with Crippen molar-refractivity contribution in [2.75, 3.05) is 0 Å². The fourth-order valence-corrected chi connectivity index (χ4v) is 3.88. The maximum absolute atomic E-state index is 14.9. The molecule has 0 unspecified atom stereocenters. The Morgan fingerprint density at radius 3 is 2.67 bits per heavy atom. The van der Waals surface area contributed by atoms with Crippen LogP contribution in [0.5, 0.6) is 5.75 Å². The molecule has 0 aliphatic rings. The molecule has 0 saturated heterocycles. The second-order valence-electron chi connectivity index (χ2n) is 7.22. The molecule has 8 heteroatoms. The number of aryl methyl sites for hydroxylation is 4. The standard InChI is InChI=1S/C22H19ClFN3O3/c1-11-14-6-4-13(10-18(14)30-26-11)5-7-15-16(23)8-9-17(24)19(15)20-21(28)12(2)25-27(3)22(20)29/h4,6,8-10,28H,5,7H2,1-3H3. The molecule has 1 N–H and O–H groups in total. The highest BCUT2D eigenvalue weighted by molar-refractivity contribution is 6.31. The van der Waals surface area contributed by atoms with Gasteiger partial charge in [-0.1, -0.05) is 22.8 Å². The highest BCUT2D eigenvalue weighted by atomic mass is 35.5. The number of hydrogen-bond acceptors (Lipinski definition) is 5. The first-order chi connectivity index (χ1) is 14.3. The first-order valence-electron chi connectivity index (χ1n) is 9.37. The summed E-state index contributed by atoms with van der Waals surface area (Å²) in [6, 6.07) is 8.41. The zero-order valence-corrected chi connectivity index (χ0v) is 17.4. The van der Waals surface area contributed by atoms with Crippen LogP contribution in [0.2, 0.25) is 5.02 Å². The zero-order chi connectivity index (χ0) is 21.6. The van der Waals surface area contributed by atoms with E-state index in [0.717, 1.165) is 21.3 Å². The van der Waals surface area contributed by atoms with E-state index in [4.69, 9.17) is 16.1 Å². The van der Waals surface area contributed by atoms with Crippen molar-refractivity contribution in [3.05, 3.63) is 74.0 Å². The largest absolute Gasteiger partial charge is 0.505 e. The molecule has 2 aromatic heterocycles. The quantitative estimate of drug-likeness (QED) is 0.519. The van der Waals surface area contributed by atoms with E-state index >= 15 is 0 Å². The third kappa shape index (κ3) is 3.35. The molecule has 2 heterocycles. The third-order valence-corrected chi connectivity index (χ3v) is 5.58. The Balaban J connectivity index is 1.80. The Morgan fingerprint density at radius 1 is 1.13 bits per heavy atom. The summed E-state index contributed by atoms with van der Waals surface area (Å²) in [4.78, 5) is 12.7. The van der Waals surface area contributed by atoms with E-state index in [1.165, 1.54) is 19.2 Å². The predicted molar refractivity (Wildman–Crippen MR) is 112 cm³/mol. The summed E-state index contributed by atoms with van der Waals surface area (Å²) in [5.74, 6) is -0.979. The van der Waals surface area contributed by atoms with Gasteiger partial charge in [-0.3, -0.25) is 4.79 Å². The molecule has 6 nitrogen and oxygen atoms in total. The molecule has 154 valence electrons. The number of hydrogen-bond donors (Lipinski definition) is 1. The van der Waals surface area contributed by atoms with Gasteiger partial charge in [0.05, 0.1) is 11.3 Å². The summed E-state index contributed by atoms with van der Waals surface area (Å²) < 4.78 is 21.3. The van der Waals surface area contributed by atoms with Gasteiger partial charge in [0.2, 0.25) is 0 Å². The lowest BCUT2D eigenvalue weighted by Crippen LogP contribution is -2.23. The van der Waals surface area contributed by atoms with Gasteiger partial charge in [-0.05, 0) is 62.1 Å². The normalized spacial score (nSPS) is 11.4. The Hall–Kier alpha value is -3.19. The Labute approximate surface area is 176 Å². The van der Waals surface area contributed by atoms with Crippen molar-refractivity contribution >= 4 is 22.6 Å². The summed E-state index contributed by atoms with van der Waals surface area (Å²) in [5.41, 5.74) is 2.38. The maximum Gasteiger partial charge on any atom is 0.278 e. The molecule has 4 aromatic rings. The molecule has 0 saturated carbocycles. The zero-order valence-electron chi connectivity index (χ0n) is 16.7. The number of fused-ring (bicyclic) bond motifs is 1. The first-order valence-corrected chi connectivity index (χ1v) is 9.74. The van der Waals surface area contributed by atoms with E-state index in [1.54, 1.807) is 6.92 Å². The number of nitrogens with zero attached hydrogens (tertiary/aromatic N) is 3.